The summed E-state index contributed by atoms with van der Waals surface area (Å²) >= 11 is 7.55. The van der Waals surface area contributed by atoms with Crippen LogP contribution in [0.4, 0.5) is 0 Å². The standard InChI is InChI=1S/C20H21ClN2O3S/c1-3-26-16-7-4-14(5-8-16)12-19(24)22-20-23(10-11-25-2)17-9-6-15(21)13-18(17)27-20/h4-9,13H,3,10-12H2,1-2H3. The number of carbonyl (C=O) groups is 1. The highest BCUT2D eigenvalue weighted by atomic mass is 35.5. The number of hydrogen-bond donors (Lipinski definition) is 0. The van der Waals surface area contributed by atoms with Crippen molar-refractivity contribution in [1.29, 1.82) is 0 Å². The minimum absolute atomic E-state index is 0.192. The van der Waals surface area contributed by atoms with E-state index in [1.54, 1.807) is 7.11 Å². The molecule has 0 saturated heterocycles. The summed E-state index contributed by atoms with van der Waals surface area (Å²) in [5, 5.41) is 0.662. The third-order valence-electron chi connectivity index (χ3n) is 3.97. The summed E-state index contributed by atoms with van der Waals surface area (Å²) in [5.41, 5.74) is 1.90. The smallest absolute Gasteiger partial charge is 0.252 e. The van der Waals surface area contributed by atoms with Crippen LogP contribution < -0.4 is 9.54 Å². The first-order valence-corrected chi connectivity index (χ1v) is 9.87. The van der Waals surface area contributed by atoms with Gasteiger partial charge < -0.3 is 14.0 Å². The third-order valence-corrected chi connectivity index (χ3v) is 5.25. The maximum absolute atomic E-state index is 12.5. The normalized spacial score (nSPS) is 11.9. The molecule has 1 heterocycles. The number of nitrogens with zero attached hydrogens (tertiary/aromatic N) is 2. The van der Waals surface area contributed by atoms with E-state index in [-0.39, 0.29) is 12.3 Å². The molecule has 0 radical (unpaired) electrons. The molecule has 0 spiro atoms. The Morgan fingerprint density at radius 1 is 1.22 bits per heavy atom. The molecule has 0 N–H and O–H groups in total. The zero-order valence-electron chi connectivity index (χ0n) is 15.3. The van der Waals surface area contributed by atoms with Gasteiger partial charge in [-0.2, -0.15) is 4.99 Å². The van der Waals surface area contributed by atoms with Gasteiger partial charge in [0.1, 0.15) is 5.75 Å². The minimum Gasteiger partial charge on any atom is -0.494 e. The van der Waals surface area contributed by atoms with Gasteiger partial charge in [0.2, 0.25) is 0 Å². The summed E-state index contributed by atoms with van der Waals surface area (Å²) in [6, 6.07) is 13.2. The van der Waals surface area contributed by atoms with Crippen molar-refractivity contribution in [1.82, 2.24) is 4.57 Å². The minimum atomic E-state index is -0.192. The molecule has 0 aliphatic rings. The number of rotatable bonds is 7. The highest BCUT2D eigenvalue weighted by Crippen LogP contribution is 2.22. The van der Waals surface area contributed by atoms with E-state index in [1.165, 1.54) is 11.3 Å². The lowest BCUT2D eigenvalue weighted by Crippen LogP contribution is -2.19. The number of ether oxygens (including phenoxy) is 2. The number of benzene rings is 2. The molecule has 3 rings (SSSR count). The van der Waals surface area contributed by atoms with Gasteiger partial charge in [0, 0.05) is 18.7 Å². The predicted octanol–water partition coefficient (Wildman–Crippen LogP) is 4.07. The molecule has 0 fully saturated rings. The Morgan fingerprint density at radius 3 is 2.70 bits per heavy atom. The molecular formula is C20H21ClN2O3S. The van der Waals surface area contributed by atoms with Gasteiger partial charge in [0.15, 0.2) is 4.80 Å². The summed E-state index contributed by atoms with van der Waals surface area (Å²) in [6.07, 6.45) is 0.242. The van der Waals surface area contributed by atoms with Gasteiger partial charge >= 0.3 is 0 Å². The first kappa shape index (κ1) is 19.6. The zero-order chi connectivity index (χ0) is 19.2. The van der Waals surface area contributed by atoms with Crippen LogP contribution in [0.15, 0.2) is 47.5 Å². The molecule has 0 aliphatic heterocycles. The average Bonchev–Trinajstić information content (AvgIpc) is 2.97. The molecule has 0 atom stereocenters. The maximum Gasteiger partial charge on any atom is 0.252 e. The van der Waals surface area contributed by atoms with E-state index in [1.807, 2.05) is 54.0 Å². The van der Waals surface area contributed by atoms with Gasteiger partial charge in [-0.1, -0.05) is 35.1 Å². The van der Waals surface area contributed by atoms with E-state index in [0.29, 0.717) is 29.6 Å². The van der Waals surface area contributed by atoms with Gasteiger partial charge in [-0.25, -0.2) is 0 Å². The van der Waals surface area contributed by atoms with Gasteiger partial charge in [0.05, 0.1) is 29.9 Å². The van der Waals surface area contributed by atoms with Gasteiger partial charge in [-0.3, -0.25) is 4.79 Å². The summed E-state index contributed by atoms with van der Waals surface area (Å²) in [5.74, 6) is 0.604. The maximum atomic E-state index is 12.5. The second-order valence-electron chi connectivity index (χ2n) is 5.90. The van der Waals surface area contributed by atoms with Crippen LogP contribution in [0.25, 0.3) is 10.2 Å². The van der Waals surface area contributed by atoms with Gasteiger partial charge in [0.25, 0.3) is 5.91 Å². The molecule has 1 aromatic heterocycles. The predicted molar refractivity (Wildman–Crippen MR) is 109 cm³/mol. The Hall–Kier alpha value is -2.15. The second-order valence-corrected chi connectivity index (χ2v) is 7.35. The van der Waals surface area contributed by atoms with E-state index in [9.17, 15) is 4.79 Å². The number of methoxy groups -OCH3 is 1. The molecule has 2 aromatic carbocycles. The quantitative estimate of drug-likeness (QED) is 0.596. The number of amides is 1. The van der Waals surface area contributed by atoms with Crippen molar-refractivity contribution < 1.29 is 14.3 Å². The van der Waals surface area contributed by atoms with E-state index in [0.717, 1.165) is 21.5 Å². The van der Waals surface area contributed by atoms with Crippen molar-refractivity contribution in [3.8, 4) is 5.75 Å². The Labute approximate surface area is 166 Å². The third kappa shape index (κ3) is 4.97. The Kier molecular flexibility index (Phi) is 6.66. The summed E-state index contributed by atoms with van der Waals surface area (Å²) < 4.78 is 13.6. The van der Waals surface area contributed by atoms with Gasteiger partial charge in [-0.05, 0) is 42.8 Å². The zero-order valence-corrected chi connectivity index (χ0v) is 16.8. The topological polar surface area (TPSA) is 52.8 Å². The lowest BCUT2D eigenvalue weighted by atomic mass is 10.1. The van der Waals surface area contributed by atoms with Crippen LogP contribution in [-0.2, 0) is 22.5 Å². The molecule has 27 heavy (non-hydrogen) atoms. The molecular weight excluding hydrogens is 384 g/mol. The van der Waals surface area contributed by atoms with E-state index >= 15 is 0 Å². The van der Waals surface area contributed by atoms with E-state index in [4.69, 9.17) is 21.1 Å². The number of fused-ring (bicyclic) bond motifs is 1. The summed E-state index contributed by atoms with van der Waals surface area (Å²) in [6.45, 7) is 3.71. The molecule has 0 unspecified atom stereocenters. The highest BCUT2D eigenvalue weighted by Gasteiger charge is 2.09. The van der Waals surface area contributed by atoms with Crippen molar-refractivity contribution in [2.75, 3.05) is 20.3 Å². The number of halogens is 1. The van der Waals surface area contributed by atoms with Crippen LogP contribution in [0, 0.1) is 0 Å². The number of aromatic nitrogens is 1. The number of thiazole rings is 1. The number of carbonyl (C=O) groups excluding carboxylic acids is 1. The van der Waals surface area contributed by atoms with Crippen LogP contribution >= 0.6 is 22.9 Å². The molecule has 3 aromatic rings. The largest absolute Gasteiger partial charge is 0.494 e. The fourth-order valence-corrected chi connectivity index (χ4v) is 4.07. The average molecular weight is 405 g/mol. The highest BCUT2D eigenvalue weighted by molar-refractivity contribution is 7.16. The summed E-state index contributed by atoms with van der Waals surface area (Å²) in [7, 11) is 1.65. The lowest BCUT2D eigenvalue weighted by Gasteiger charge is -2.05. The summed E-state index contributed by atoms with van der Waals surface area (Å²) in [4.78, 5) is 17.5. The fourth-order valence-electron chi connectivity index (χ4n) is 2.72. The van der Waals surface area contributed by atoms with Gasteiger partial charge in [-0.15, -0.1) is 0 Å². The van der Waals surface area contributed by atoms with Crippen LogP contribution in [0.1, 0.15) is 12.5 Å². The first-order valence-electron chi connectivity index (χ1n) is 8.68. The van der Waals surface area contributed by atoms with Crippen LogP contribution in [0.3, 0.4) is 0 Å². The first-order chi connectivity index (χ1) is 13.1. The van der Waals surface area contributed by atoms with Crippen molar-refractivity contribution in [3.63, 3.8) is 0 Å². The molecule has 0 saturated carbocycles. The molecule has 142 valence electrons. The lowest BCUT2D eigenvalue weighted by molar-refractivity contribution is -0.117. The van der Waals surface area contributed by atoms with E-state index < -0.39 is 0 Å². The van der Waals surface area contributed by atoms with E-state index in [2.05, 4.69) is 4.99 Å². The molecule has 0 bridgehead atoms. The molecule has 0 aliphatic carbocycles. The van der Waals surface area contributed by atoms with Crippen molar-refractivity contribution in [2.45, 2.75) is 19.9 Å². The van der Waals surface area contributed by atoms with Crippen molar-refractivity contribution >= 4 is 39.1 Å². The van der Waals surface area contributed by atoms with Crippen molar-refractivity contribution in [2.24, 2.45) is 4.99 Å². The molecule has 1 amide bonds. The molecule has 5 nitrogen and oxygen atoms in total. The van der Waals surface area contributed by atoms with Crippen molar-refractivity contribution in [3.05, 3.63) is 57.9 Å². The Morgan fingerprint density at radius 2 is 2.00 bits per heavy atom. The Bertz CT molecular complexity index is 993. The second kappa shape index (κ2) is 9.17. The SMILES string of the molecule is CCOc1ccc(CC(=O)N=c2sc3cc(Cl)ccc3n2CCOC)cc1. The van der Waals surface area contributed by atoms with Crippen LogP contribution in [0.5, 0.6) is 5.75 Å². The van der Waals surface area contributed by atoms with Crippen LogP contribution in [-0.4, -0.2) is 30.8 Å². The molecule has 7 heteroatoms. The monoisotopic (exact) mass is 404 g/mol. The Balaban J connectivity index is 1.88. The fraction of sp³-hybridized carbons (Fsp3) is 0.300. The number of hydrogen-bond acceptors (Lipinski definition) is 4. The van der Waals surface area contributed by atoms with Crippen LogP contribution in [0.2, 0.25) is 5.02 Å².